The van der Waals surface area contributed by atoms with Crippen molar-refractivity contribution in [3.8, 4) is 0 Å². The van der Waals surface area contributed by atoms with Gasteiger partial charge in [-0.3, -0.25) is 4.79 Å². The van der Waals surface area contributed by atoms with Gasteiger partial charge in [0.15, 0.2) is 0 Å². The van der Waals surface area contributed by atoms with E-state index in [1.54, 1.807) is 0 Å². The van der Waals surface area contributed by atoms with Gasteiger partial charge < -0.3 is 10.6 Å². The maximum absolute atomic E-state index is 12.0. The third-order valence-electron chi connectivity index (χ3n) is 2.87. The fourth-order valence-electron chi connectivity index (χ4n) is 1.73. The maximum atomic E-state index is 12.0. The average Bonchev–Trinajstić information content (AvgIpc) is 2.28. The molecule has 0 bridgehead atoms. The van der Waals surface area contributed by atoms with E-state index in [0.29, 0.717) is 6.54 Å². The van der Waals surface area contributed by atoms with Crippen LogP contribution in [0.1, 0.15) is 19.4 Å². The smallest absolute Gasteiger partial charge is 0.231 e. The summed E-state index contributed by atoms with van der Waals surface area (Å²) in [5.41, 5.74) is 2.53. The van der Waals surface area contributed by atoms with Gasteiger partial charge in [0.1, 0.15) is 0 Å². The number of rotatable bonds is 0. The number of benzene rings is 1. The Kier molecular flexibility index (Phi) is 2.70. The molecule has 16 heavy (non-hydrogen) atoms. The molecule has 0 saturated carbocycles. The van der Waals surface area contributed by atoms with E-state index in [0.717, 1.165) is 21.4 Å². The van der Waals surface area contributed by atoms with Gasteiger partial charge in [-0.1, -0.05) is 15.9 Å². The van der Waals surface area contributed by atoms with Crippen molar-refractivity contribution in [2.75, 3.05) is 17.2 Å². The summed E-state index contributed by atoms with van der Waals surface area (Å²) in [6, 6.07) is 3.99. The van der Waals surface area contributed by atoms with Gasteiger partial charge >= 0.3 is 0 Å². The Balaban J connectivity index is 2.49. The Bertz CT molecular complexity index is 455. The van der Waals surface area contributed by atoms with E-state index in [9.17, 15) is 4.79 Å². The zero-order valence-corrected chi connectivity index (χ0v) is 11.2. The molecule has 1 aromatic rings. The summed E-state index contributed by atoms with van der Waals surface area (Å²) in [6.45, 7) is 6.50. The average molecular weight is 283 g/mol. The van der Waals surface area contributed by atoms with Crippen molar-refractivity contribution in [1.82, 2.24) is 0 Å². The minimum absolute atomic E-state index is 0.0594. The standard InChI is InChI=1S/C12H15BrN2O/c1-7-4-8(13)5-9-10(7)15-11(16)12(2,3)6-14-9/h4-5,14H,6H2,1-3H3,(H,15,16). The highest BCUT2D eigenvalue weighted by molar-refractivity contribution is 9.10. The largest absolute Gasteiger partial charge is 0.382 e. The van der Waals surface area contributed by atoms with Gasteiger partial charge in [0.2, 0.25) is 5.91 Å². The van der Waals surface area contributed by atoms with Gasteiger partial charge in [-0.2, -0.15) is 0 Å². The Hall–Kier alpha value is -1.03. The van der Waals surface area contributed by atoms with Crippen LogP contribution in [0.25, 0.3) is 0 Å². The Labute approximate surface area is 104 Å². The van der Waals surface area contributed by atoms with E-state index < -0.39 is 5.41 Å². The number of carbonyl (C=O) groups is 1. The van der Waals surface area contributed by atoms with Gasteiger partial charge in [-0.05, 0) is 38.5 Å². The highest BCUT2D eigenvalue weighted by atomic mass is 79.9. The zero-order chi connectivity index (χ0) is 11.9. The predicted molar refractivity (Wildman–Crippen MR) is 69.8 cm³/mol. The summed E-state index contributed by atoms with van der Waals surface area (Å²) in [5.74, 6) is 0.0594. The van der Waals surface area contributed by atoms with Crippen LogP contribution in [-0.2, 0) is 4.79 Å². The topological polar surface area (TPSA) is 41.1 Å². The lowest BCUT2D eigenvalue weighted by molar-refractivity contribution is -0.123. The molecule has 1 aliphatic rings. The lowest BCUT2D eigenvalue weighted by Crippen LogP contribution is -2.34. The second-order valence-corrected chi connectivity index (χ2v) is 5.75. The molecule has 1 heterocycles. The molecule has 2 rings (SSSR count). The van der Waals surface area contributed by atoms with E-state index in [4.69, 9.17) is 0 Å². The molecule has 1 amide bonds. The van der Waals surface area contributed by atoms with E-state index in [2.05, 4.69) is 26.6 Å². The van der Waals surface area contributed by atoms with Gasteiger partial charge in [-0.15, -0.1) is 0 Å². The van der Waals surface area contributed by atoms with E-state index >= 15 is 0 Å². The van der Waals surface area contributed by atoms with E-state index in [1.165, 1.54) is 0 Å². The molecule has 1 aromatic carbocycles. The monoisotopic (exact) mass is 282 g/mol. The van der Waals surface area contributed by atoms with E-state index in [1.807, 2.05) is 32.9 Å². The van der Waals surface area contributed by atoms with Gasteiger partial charge in [-0.25, -0.2) is 0 Å². The van der Waals surface area contributed by atoms with Crippen LogP contribution in [0.3, 0.4) is 0 Å². The quantitative estimate of drug-likeness (QED) is 0.768. The number of amides is 1. The van der Waals surface area contributed by atoms with Crippen molar-refractivity contribution in [2.45, 2.75) is 20.8 Å². The fourth-order valence-corrected chi connectivity index (χ4v) is 2.30. The van der Waals surface area contributed by atoms with Crippen LogP contribution in [0.15, 0.2) is 16.6 Å². The molecular formula is C12H15BrN2O. The molecule has 0 aromatic heterocycles. The minimum atomic E-state index is -0.391. The van der Waals surface area contributed by atoms with Crippen LogP contribution in [0.5, 0.6) is 0 Å². The van der Waals surface area contributed by atoms with Crippen LogP contribution in [0.2, 0.25) is 0 Å². The second kappa shape index (κ2) is 3.77. The van der Waals surface area contributed by atoms with Crippen molar-refractivity contribution in [3.63, 3.8) is 0 Å². The molecule has 0 atom stereocenters. The van der Waals surface area contributed by atoms with Gasteiger partial charge in [0.25, 0.3) is 0 Å². The number of hydrogen-bond acceptors (Lipinski definition) is 2. The number of fused-ring (bicyclic) bond motifs is 1. The molecule has 0 radical (unpaired) electrons. The summed E-state index contributed by atoms with van der Waals surface area (Å²) < 4.78 is 1.02. The SMILES string of the molecule is Cc1cc(Br)cc2c1NC(=O)C(C)(C)CN2. The molecule has 0 fully saturated rings. The molecule has 0 saturated heterocycles. The Morgan fingerprint density at radius 2 is 2.06 bits per heavy atom. The van der Waals surface area contributed by atoms with Crippen molar-refractivity contribution in [2.24, 2.45) is 5.41 Å². The number of hydrogen-bond donors (Lipinski definition) is 2. The number of aryl methyl sites for hydroxylation is 1. The van der Waals surface area contributed by atoms with Crippen molar-refractivity contribution in [1.29, 1.82) is 0 Å². The molecule has 2 N–H and O–H groups in total. The first kappa shape index (κ1) is 11.5. The molecule has 0 unspecified atom stereocenters. The van der Waals surface area contributed by atoms with Crippen molar-refractivity contribution in [3.05, 3.63) is 22.2 Å². The fraction of sp³-hybridized carbons (Fsp3) is 0.417. The van der Waals surface area contributed by atoms with Gasteiger partial charge in [0.05, 0.1) is 16.8 Å². The predicted octanol–water partition coefficient (Wildman–Crippen LogP) is 3.15. The molecule has 3 nitrogen and oxygen atoms in total. The van der Waals surface area contributed by atoms with Crippen LogP contribution in [0, 0.1) is 12.3 Å². The molecule has 0 aliphatic carbocycles. The first-order chi connectivity index (χ1) is 7.40. The number of nitrogens with one attached hydrogen (secondary N) is 2. The summed E-state index contributed by atoms with van der Waals surface area (Å²) in [7, 11) is 0. The first-order valence-corrected chi connectivity index (χ1v) is 6.05. The molecule has 1 aliphatic heterocycles. The molecular weight excluding hydrogens is 268 g/mol. The highest BCUT2D eigenvalue weighted by Crippen LogP contribution is 2.34. The van der Waals surface area contributed by atoms with Crippen LogP contribution >= 0.6 is 15.9 Å². The summed E-state index contributed by atoms with van der Waals surface area (Å²) in [5, 5.41) is 6.30. The summed E-state index contributed by atoms with van der Waals surface area (Å²) in [4.78, 5) is 12.0. The lowest BCUT2D eigenvalue weighted by atomic mass is 9.93. The molecule has 0 spiro atoms. The third kappa shape index (κ3) is 1.94. The third-order valence-corrected chi connectivity index (χ3v) is 3.33. The van der Waals surface area contributed by atoms with Gasteiger partial charge in [0, 0.05) is 11.0 Å². The van der Waals surface area contributed by atoms with Crippen LogP contribution < -0.4 is 10.6 Å². The number of halogens is 1. The Morgan fingerprint density at radius 3 is 2.75 bits per heavy atom. The van der Waals surface area contributed by atoms with E-state index in [-0.39, 0.29) is 5.91 Å². The highest BCUT2D eigenvalue weighted by Gasteiger charge is 2.31. The zero-order valence-electron chi connectivity index (χ0n) is 9.65. The normalized spacial score (nSPS) is 18.1. The summed E-state index contributed by atoms with van der Waals surface area (Å²) >= 11 is 3.46. The molecule has 86 valence electrons. The van der Waals surface area contributed by atoms with Crippen molar-refractivity contribution < 1.29 is 4.79 Å². The molecule has 4 heteroatoms. The number of carbonyl (C=O) groups excluding carboxylic acids is 1. The van der Waals surface area contributed by atoms with Crippen molar-refractivity contribution >= 4 is 33.2 Å². The second-order valence-electron chi connectivity index (χ2n) is 4.84. The lowest BCUT2D eigenvalue weighted by Gasteiger charge is -2.19. The van der Waals surface area contributed by atoms with Crippen LogP contribution in [0.4, 0.5) is 11.4 Å². The maximum Gasteiger partial charge on any atom is 0.231 e. The summed E-state index contributed by atoms with van der Waals surface area (Å²) in [6.07, 6.45) is 0. The van der Waals surface area contributed by atoms with Crippen LogP contribution in [-0.4, -0.2) is 12.5 Å². The Morgan fingerprint density at radius 1 is 1.38 bits per heavy atom. The minimum Gasteiger partial charge on any atom is -0.382 e. The first-order valence-electron chi connectivity index (χ1n) is 5.25. The number of anilines is 2.